The predicted molar refractivity (Wildman–Crippen MR) is 81.1 cm³/mol. The number of amides is 1. The third-order valence-electron chi connectivity index (χ3n) is 3.56. The van der Waals surface area contributed by atoms with E-state index in [1.807, 2.05) is 0 Å². The normalized spacial score (nSPS) is 18.7. The van der Waals surface area contributed by atoms with Crippen molar-refractivity contribution < 1.29 is 18.0 Å². The molecule has 1 saturated heterocycles. The molecule has 0 aromatic carbocycles. The molecule has 1 fully saturated rings. The summed E-state index contributed by atoms with van der Waals surface area (Å²) in [5, 5.41) is 5.85. The van der Waals surface area contributed by atoms with Crippen LogP contribution in [0.2, 0.25) is 0 Å². The predicted octanol–water partition coefficient (Wildman–Crippen LogP) is 2.23. The highest BCUT2D eigenvalue weighted by atomic mass is 35.5. The number of carbonyl (C=O) groups excluding carboxylic acids is 1. The van der Waals surface area contributed by atoms with Crippen LogP contribution in [0.4, 0.5) is 13.2 Å². The first-order valence-electron chi connectivity index (χ1n) is 7.26. The number of nitrogens with zero attached hydrogens (tertiary/aromatic N) is 2. The van der Waals surface area contributed by atoms with Crippen molar-refractivity contribution >= 4 is 18.3 Å². The second-order valence-corrected chi connectivity index (χ2v) is 5.40. The highest BCUT2D eigenvalue weighted by Gasteiger charge is 2.33. The Kier molecular flexibility index (Phi) is 7.21. The van der Waals surface area contributed by atoms with E-state index in [-0.39, 0.29) is 42.3 Å². The molecule has 5 nitrogen and oxygen atoms in total. The highest BCUT2D eigenvalue weighted by Crippen LogP contribution is 2.27. The summed E-state index contributed by atoms with van der Waals surface area (Å²) >= 11 is 0. The van der Waals surface area contributed by atoms with Crippen molar-refractivity contribution in [3.05, 3.63) is 23.3 Å². The lowest BCUT2D eigenvalue weighted by atomic mass is 10.00. The molecule has 1 aromatic heterocycles. The number of aryl methyl sites for hydroxylation is 1. The van der Waals surface area contributed by atoms with Gasteiger partial charge in [-0.05, 0) is 45.3 Å². The van der Waals surface area contributed by atoms with E-state index < -0.39 is 11.9 Å². The van der Waals surface area contributed by atoms with Crippen molar-refractivity contribution in [2.45, 2.75) is 38.9 Å². The molecule has 2 rings (SSSR count). The molecular weight excluding hydrogens is 333 g/mol. The molecule has 2 heterocycles. The number of hydrogen-bond acceptors (Lipinski definition) is 4. The van der Waals surface area contributed by atoms with E-state index in [1.165, 1.54) is 6.92 Å². The SMILES string of the molecule is Cc1cc(C(F)(F)F)nc(CNC(=O)C2CCCNCC2)n1.Cl. The van der Waals surface area contributed by atoms with E-state index in [1.54, 1.807) is 0 Å². The molecule has 1 amide bonds. The van der Waals surface area contributed by atoms with Gasteiger partial charge < -0.3 is 10.6 Å². The maximum atomic E-state index is 12.7. The Hall–Kier alpha value is -1.41. The van der Waals surface area contributed by atoms with Gasteiger partial charge in [-0.25, -0.2) is 9.97 Å². The molecule has 0 saturated carbocycles. The summed E-state index contributed by atoms with van der Waals surface area (Å²) in [6.07, 6.45) is -2.09. The summed E-state index contributed by atoms with van der Waals surface area (Å²) in [4.78, 5) is 19.5. The van der Waals surface area contributed by atoms with E-state index in [0.29, 0.717) is 0 Å². The summed E-state index contributed by atoms with van der Waals surface area (Å²) in [5.41, 5.74) is -0.756. The van der Waals surface area contributed by atoms with Crippen molar-refractivity contribution in [1.82, 2.24) is 20.6 Å². The van der Waals surface area contributed by atoms with E-state index in [4.69, 9.17) is 0 Å². The molecule has 0 aliphatic carbocycles. The van der Waals surface area contributed by atoms with Gasteiger partial charge in [-0.3, -0.25) is 4.79 Å². The minimum absolute atomic E-state index is 0. The Morgan fingerprint density at radius 3 is 2.78 bits per heavy atom. The van der Waals surface area contributed by atoms with E-state index in [2.05, 4.69) is 20.6 Å². The van der Waals surface area contributed by atoms with Crippen LogP contribution in [-0.4, -0.2) is 29.0 Å². The fourth-order valence-corrected chi connectivity index (χ4v) is 2.45. The monoisotopic (exact) mass is 352 g/mol. The van der Waals surface area contributed by atoms with Gasteiger partial charge >= 0.3 is 6.18 Å². The number of alkyl halides is 3. The molecule has 23 heavy (non-hydrogen) atoms. The van der Waals surface area contributed by atoms with Crippen molar-refractivity contribution in [1.29, 1.82) is 0 Å². The maximum absolute atomic E-state index is 12.7. The van der Waals surface area contributed by atoms with E-state index >= 15 is 0 Å². The van der Waals surface area contributed by atoms with Crippen LogP contribution in [0.25, 0.3) is 0 Å². The molecular formula is C14H20ClF3N4O. The van der Waals surface area contributed by atoms with Crippen molar-refractivity contribution in [2.75, 3.05) is 13.1 Å². The number of carbonyl (C=O) groups is 1. The van der Waals surface area contributed by atoms with Gasteiger partial charge in [0, 0.05) is 11.6 Å². The lowest BCUT2D eigenvalue weighted by Gasteiger charge is -2.14. The molecule has 1 aliphatic heterocycles. The standard InChI is InChI=1S/C14H19F3N4O.ClH/c1-9-7-11(14(15,16)17)21-12(20-9)8-19-13(22)10-3-2-5-18-6-4-10;/h7,10,18H,2-6,8H2,1H3,(H,19,22);1H. The summed E-state index contributed by atoms with van der Waals surface area (Å²) in [5.74, 6) is -0.281. The zero-order chi connectivity index (χ0) is 16.2. The Bertz CT molecular complexity index is 531. The van der Waals surface area contributed by atoms with E-state index in [0.717, 1.165) is 38.4 Å². The van der Waals surface area contributed by atoms with Crippen LogP contribution in [0.3, 0.4) is 0 Å². The molecule has 1 aliphatic rings. The molecule has 2 N–H and O–H groups in total. The van der Waals surface area contributed by atoms with Gasteiger partial charge in [0.15, 0.2) is 0 Å². The maximum Gasteiger partial charge on any atom is 0.433 e. The molecule has 0 bridgehead atoms. The summed E-state index contributed by atoms with van der Waals surface area (Å²) in [6, 6.07) is 0.891. The molecule has 130 valence electrons. The zero-order valence-corrected chi connectivity index (χ0v) is 13.6. The quantitative estimate of drug-likeness (QED) is 0.875. The first-order chi connectivity index (χ1) is 10.4. The van der Waals surface area contributed by atoms with Crippen LogP contribution in [-0.2, 0) is 17.5 Å². The van der Waals surface area contributed by atoms with E-state index in [9.17, 15) is 18.0 Å². The fourth-order valence-electron chi connectivity index (χ4n) is 2.45. The Balaban J connectivity index is 0.00000264. The number of nitrogens with one attached hydrogen (secondary N) is 2. The van der Waals surface area contributed by atoms with Crippen LogP contribution < -0.4 is 10.6 Å². The van der Waals surface area contributed by atoms with Gasteiger partial charge in [-0.1, -0.05) is 0 Å². The fraction of sp³-hybridized carbons (Fsp3) is 0.643. The van der Waals surface area contributed by atoms with Gasteiger partial charge in [0.25, 0.3) is 0 Å². The van der Waals surface area contributed by atoms with Crippen molar-refractivity contribution in [3.63, 3.8) is 0 Å². The molecule has 1 unspecified atom stereocenters. The molecule has 1 aromatic rings. The van der Waals surface area contributed by atoms with Gasteiger partial charge in [-0.15, -0.1) is 12.4 Å². The molecule has 0 spiro atoms. The Morgan fingerprint density at radius 2 is 2.09 bits per heavy atom. The van der Waals surface area contributed by atoms with Crippen LogP contribution in [0, 0.1) is 12.8 Å². The van der Waals surface area contributed by atoms with Crippen molar-refractivity contribution in [2.24, 2.45) is 5.92 Å². The van der Waals surface area contributed by atoms with Crippen LogP contribution >= 0.6 is 12.4 Å². The third-order valence-corrected chi connectivity index (χ3v) is 3.56. The first kappa shape index (κ1) is 19.6. The smallest absolute Gasteiger partial charge is 0.349 e. The number of halogens is 4. The average Bonchev–Trinajstić information content (AvgIpc) is 2.72. The van der Waals surface area contributed by atoms with Crippen LogP contribution in [0.5, 0.6) is 0 Å². The van der Waals surface area contributed by atoms with Crippen LogP contribution in [0.15, 0.2) is 6.07 Å². The molecule has 0 radical (unpaired) electrons. The number of hydrogen-bond donors (Lipinski definition) is 2. The summed E-state index contributed by atoms with van der Waals surface area (Å²) in [6.45, 7) is 3.05. The molecule has 9 heteroatoms. The van der Waals surface area contributed by atoms with Crippen LogP contribution in [0.1, 0.15) is 36.5 Å². The summed E-state index contributed by atoms with van der Waals surface area (Å²) in [7, 11) is 0. The lowest BCUT2D eigenvalue weighted by Crippen LogP contribution is -2.31. The lowest BCUT2D eigenvalue weighted by molar-refractivity contribution is -0.141. The minimum Gasteiger partial charge on any atom is -0.349 e. The topological polar surface area (TPSA) is 66.9 Å². The zero-order valence-electron chi connectivity index (χ0n) is 12.7. The van der Waals surface area contributed by atoms with Gasteiger partial charge in [0.05, 0.1) is 6.54 Å². The Labute approximate surface area is 138 Å². The second-order valence-electron chi connectivity index (χ2n) is 5.40. The summed E-state index contributed by atoms with van der Waals surface area (Å²) < 4.78 is 38.1. The highest BCUT2D eigenvalue weighted by molar-refractivity contribution is 5.85. The Morgan fingerprint density at radius 1 is 1.35 bits per heavy atom. The number of rotatable bonds is 3. The second kappa shape index (κ2) is 8.44. The third kappa shape index (κ3) is 5.95. The van der Waals surface area contributed by atoms with Gasteiger partial charge in [0.2, 0.25) is 5.91 Å². The average molecular weight is 353 g/mol. The largest absolute Gasteiger partial charge is 0.433 e. The van der Waals surface area contributed by atoms with Gasteiger partial charge in [0.1, 0.15) is 11.5 Å². The van der Waals surface area contributed by atoms with Gasteiger partial charge in [-0.2, -0.15) is 13.2 Å². The minimum atomic E-state index is -4.51. The first-order valence-corrected chi connectivity index (χ1v) is 7.26. The molecule has 1 atom stereocenters. The van der Waals surface area contributed by atoms with Crippen molar-refractivity contribution in [3.8, 4) is 0 Å². The number of aromatic nitrogens is 2.